The largest absolute Gasteiger partial charge is 0.293 e. The molecule has 0 aromatic carbocycles. The SMILES string of the molecule is CCn1nc(C)c(Cl)c1CC(=O)c1cc2c(s1)CCSC2. The molecule has 0 saturated carbocycles. The molecule has 0 radical (unpaired) electrons. The lowest BCUT2D eigenvalue weighted by atomic mass is 10.1. The Morgan fingerprint density at radius 3 is 3.05 bits per heavy atom. The number of carbonyl (C=O) groups excluding carboxylic acids is 1. The summed E-state index contributed by atoms with van der Waals surface area (Å²) in [5.74, 6) is 2.34. The van der Waals surface area contributed by atoms with Gasteiger partial charge in [0.05, 0.1) is 27.7 Å². The number of hydrogen-bond donors (Lipinski definition) is 0. The maximum Gasteiger partial charge on any atom is 0.178 e. The molecule has 0 amide bonds. The second kappa shape index (κ2) is 6.15. The van der Waals surface area contributed by atoms with Crippen molar-refractivity contribution >= 4 is 40.5 Å². The van der Waals surface area contributed by atoms with Crippen LogP contribution in [0, 0.1) is 6.92 Å². The summed E-state index contributed by atoms with van der Waals surface area (Å²) in [5, 5.41) is 5.00. The zero-order valence-corrected chi connectivity index (χ0v) is 14.5. The van der Waals surface area contributed by atoms with Crippen LogP contribution in [-0.2, 0) is 25.1 Å². The Hall–Kier alpha value is -0.780. The number of nitrogens with zero attached hydrogens (tertiary/aromatic N) is 2. The van der Waals surface area contributed by atoms with Gasteiger partial charge in [0.1, 0.15) is 0 Å². The Balaban J connectivity index is 1.85. The second-order valence-electron chi connectivity index (χ2n) is 5.12. The molecule has 3 nitrogen and oxygen atoms in total. The second-order valence-corrected chi connectivity index (χ2v) is 7.74. The smallest absolute Gasteiger partial charge is 0.178 e. The molecule has 0 bridgehead atoms. The van der Waals surface area contributed by atoms with Crippen molar-refractivity contribution in [3.63, 3.8) is 0 Å². The van der Waals surface area contributed by atoms with Gasteiger partial charge in [0.25, 0.3) is 0 Å². The van der Waals surface area contributed by atoms with E-state index in [1.54, 1.807) is 11.3 Å². The summed E-state index contributed by atoms with van der Waals surface area (Å²) in [7, 11) is 0. The van der Waals surface area contributed by atoms with E-state index in [1.807, 2.05) is 30.3 Å². The molecule has 0 atom stereocenters. The maximum absolute atomic E-state index is 12.6. The number of halogens is 1. The Morgan fingerprint density at radius 2 is 2.33 bits per heavy atom. The van der Waals surface area contributed by atoms with Crippen molar-refractivity contribution in [2.45, 2.75) is 39.0 Å². The molecule has 3 heterocycles. The summed E-state index contributed by atoms with van der Waals surface area (Å²) in [5.41, 5.74) is 2.97. The molecule has 0 fully saturated rings. The van der Waals surface area contributed by atoms with Gasteiger partial charge < -0.3 is 0 Å². The number of carbonyl (C=O) groups is 1. The van der Waals surface area contributed by atoms with Crippen LogP contribution in [0.1, 0.15) is 38.4 Å². The zero-order chi connectivity index (χ0) is 15.0. The van der Waals surface area contributed by atoms with E-state index < -0.39 is 0 Å². The van der Waals surface area contributed by atoms with Crippen molar-refractivity contribution in [3.05, 3.63) is 37.8 Å². The van der Waals surface area contributed by atoms with E-state index in [2.05, 4.69) is 11.2 Å². The van der Waals surface area contributed by atoms with Gasteiger partial charge in [-0.25, -0.2) is 0 Å². The Kier molecular flexibility index (Phi) is 4.43. The molecule has 112 valence electrons. The summed E-state index contributed by atoms with van der Waals surface area (Å²) in [6.45, 7) is 4.62. The van der Waals surface area contributed by atoms with Gasteiger partial charge in [-0.3, -0.25) is 9.48 Å². The van der Waals surface area contributed by atoms with E-state index in [-0.39, 0.29) is 5.78 Å². The van der Waals surface area contributed by atoms with Crippen LogP contribution in [-0.4, -0.2) is 21.3 Å². The van der Waals surface area contributed by atoms with E-state index in [0.717, 1.165) is 40.7 Å². The molecule has 0 N–H and O–H groups in total. The molecule has 2 aromatic rings. The minimum Gasteiger partial charge on any atom is -0.293 e. The molecular weight excluding hydrogens is 324 g/mol. The molecule has 0 saturated heterocycles. The highest BCUT2D eigenvalue weighted by atomic mass is 35.5. The first-order valence-corrected chi connectivity index (χ1v) is 9.39. The van der Waals surface area contributed by atoms with Gasteiger partial charge in [0, 0.05) is 17.2 Å². The average Bonchev–Trinajstić information content (AvgIpc) is 3.03. The van der Waals surface area contributed by atoms with Crippen LogP contribution in [0.25, 0.3) is 0 Å². The molecule has 3 rings (SSSR count). The molecule has 0 aliphatic carbocycles. The van der Waals surface area contributed by atoms with E-state index in [4.69, 9.17) is 11.6 Å². The normalized spacial score (nSPS) is 14.2. The predicted molar refractivity (Wildman–Crippen MR) is 89.9 cm³/mol. The van der Waals surface area contributed by atoms with E-state index in [0.29, 0.717) is 11.4 Å². The third kappa shape index (κ3) is 2.91. The fraction of sp³-hybridized carbons (Fsp3) is 0.467. The predicted octanol–water partition coefficient (Wildman–Crippen LogP) is 4.14. The summed E-state index contributed by atoms with van der Waals surface area (Å²) in [6, 6.07) is 2.07. The topological polar surface area (TPSA) is 34.9 Å². The van der Waals surface area contributed by atoms with Crippen molar-refractivity contribution in [2.24, 2.45) is 0 Å². The first-order valence-electron chi connectivity index (χ1n) is 7.04. The molecule has 0 spiro atoms. The number of thiophene rings is 1. The van der Waals surface area contributed by atoms with Gasteiger partial charge in [0.2, 0.25) is 0 Å². The first kappa shape index (κ1) is 15.1. The summed E-state index contributed by atoms with van der Waals surface area (Å²) in [4.78, 5) is 14.8. The number of rotatable bonds is 4. The van der Waals surface area contributed by atoms with Crippen molar-refractivity contribution < 1.29 is 4.79 Å². The molecule has 6 heteroatoms. The number of thioether (sulfide) groups is 1. The van der Waals surface area contributed by atoms with Crippen LogP contribution in [0.3, 0.4) is 0 Å². The minimum atomic E-state index is 0.149. The quantitative estimate of drug-likeness (QED) is 0.784. The number of Topliss-reactive ketones (excluding diaryl/α,β-unsaturated/α-hetero) is 1. The first-order chi connectivity index (χ1) is 10.1. The van der Waals surface area contributed by atoms with Crippen LogP contribution in [0.4, 0.5) is 0 Å². The van der Waals surface area contributed by atoms with Crippen molar-refractivity contribution in [2.75, 3.05) is 5.75 Å². The molecule has 2 aromatic heterocycles. The third-order valence-electron chi connectivity index (χ3n) is 3.68. The van der Waals surface area contributed by atoms with Crippen LogP contribution >= 0.6 is 34.7 Å². The lowest BCUT2D eigenvalue weighted by molar-refractivity contribution is 0.0994. The Labute approximate surface area is 137 Å². The van der Waals surface area contributed by atoms with Crippen molar-refractivity contribution in [3.8, 4) is 0 Å². The van der Waals surface area contributed by atoms with Crippen LogP contribution in [0.15, 0.2) is 6.07 Å². The zero-order valence-electron chi connectivity index (χ0n) is 12.1. The summed E-state index contributed by atoms with van der Waals surface area (Å²) < 4.78 is 1.83. The van der Waals surface area contributed by atoms with Gasteiger partial charge in [0.15, 0.2) is 5.78 Å². The van der Waals surface area contributed by atoms with Gasteiger partial charge >= 0.3 is 0 Å². The lowest BCUT2D eigenvalue weighted by Gasteiger charge is -2.08. The van der Waals surface area contributed by atoms with Gasteiger partial charge in [-0.1, -0.05) is 11.6 Å². The summed E-state index contributed by atoms with van der Waals surface area (Å²) >= 11 is 9.88. The highest BCUT2D eigenvalue weighted by molar-refractivity contribution is 7.98. The number of ketones is 1. The fourth-order valence-corrected chi connectivity index (χ4v) is 5.07. The highest BCUT2D eigenvalue weighted by Crippen LogP contribution is 2.32. The molecular formula is C15H17ClN2OS2. The monoisotopic (exact) mass is 340 g/mol. The van der Waals surface area contributed by atoms with Gasteiger partial charge in [-0.05, 0) is 37.7 Å². The number of aromatic nitrogens is 2. The average molecular weight is 341 g/mol. The number of hydrogen-bond acceptors (Lipinski definition) is 4. The van der Waals surface area contributed by atoms with Crippen LogP contribution in [0.5, 0.6) is 0 Å². The molecule has 0 unspecified atom stereocenters. The van der Waals surface area contributed by atoms with Gasteiger partial charge in [-0.2, -0.15) is 16.9 Å². The van der Waals surface area contributed by atoms with Crippen molar-refractivity contribution in [1.82, 2.24) is 9.78 Å². The molecule has 21 heavy (non-hydrogen) atoms. The van der Waals surface area contributed by atoms with E-state index >= 15 is 0 Å². The van der Waals surface area contributed by atoms with Crippen LogP contribution < -0.4 is 0 Å². The Bertz CT molecular complexity index is 667. The minimum absolute atomic E-state index is 0.149. The van der Waals surface area contributed by atoms with Gasteiger partial charge in [-0.15, -0.1) is 11.3 Å². The third-order valence-corrected chi connectivity index (χ3v) is 6.46. The number of aryl methyl sites for hydroxylation is 3. The fourth-order valence-electron chi connectivity index (χ4n) is 2.56. The van der Waals surface area contributed by atoms with E-state index in [9.17, 15) is 4.79 Å². The van der Waals surface area contributed by atoms with Crippen molar-refractivity contribution in [1.29, 1.82) is 0 Å². The maximum atomic E-state index is 12.6. The van der Waals surface area contributed by atoms with E-state index in [1.165, 1.54) is 10.4 Å². The molecule has 1 aliphatic rings. The number of fused-ring (bicyclic) bond motifs is 1. The van der Waals surface area contributed by atoms with Crippen LogP contribution in [0.2, 0.25) is 5.02 Å². The standard InChI is InChI=1S/C15H17ClN2OS2/c1-3-18-11(15(16)9(2)17-18)7-12(19)14-6-10-8-20-5-4-13(10)21-14/h6H,3-5,7-8H2,1-2H3. The highest BCUT2D eigenvalue weighted by Gasteiger charge is 2.21. The Morgan fingerprint density at radius 1 is 1.52 bits per heavy atom. The summed E-state index contributed by atoms with van der Waals surface area (Å²) in [6.07, 6.45) is 1.42. The lowest BCUT2D eigenvalue weighted by Crippen LogP contribution is -2.09. The molecule has 1 aliphatic heterocycles.